The monoisotopic (exact) mass is 431 g/mol. The van der Waals surface area contributed by atoms with E-state index in [-0.39, 0.29) is 0 Å². The number of likely N-dealkylation sites (N-methyl/N-ethyl adjacent to an activating group) is 1. The van der Waals surface area contributed by atoms with Gasteiger partial charge in [0, 0.05) is 67.6 Å². The molecule has 0 unspecified atom stereocenters. The number of pyridine rings is 1. The molecule has 29 heavy (non-hydrogen) atoms. The zero-order chi connectivity index (χ0) is 20.2. The van der Waals surface area contributed by atoms with Crippen LogP contribution >= 0.6 is 23.2 Å². The molecule has 0 spiro atoms. The highest BCUT2D eigenvalue weighted by Crippen LogP contribution is 2.24. The summed E-state index contributed by atoms with van der Waals surface area (Å²) < 4.78 is 0. The third-order valence-electron chi connectivity index (χ3n) is 4.92. The quantitative estimate of drug-likeness (QED) is 0.456. The van der Waals surface area contributed by atoms with Crippen molar-refractivity contribution in [3.8, 4) is 0 Å². The summed E-state index contributed by atoms with van der Waals surface area (Å²) in [4.78, 5) is 17.9. The average molecular weight is 432 g/mol. The van der Waals surface area contributed by atoms with E-state index in [1.807, 2.05) is 24.3 Å². The summed E-state index contributed by atoms with van der Waals surface area (Å²) >= 11 is 12.3. The van der Waals surface area contributed by atoms with Gasteiger partial charge in [-0.1, -0.05) is 23.2 Å². The predicted molar refractivity (Wildman–Crippen MR) is 120 cm³/mol. The lowest BCUT2D eigenvalue weighted by Crippen LogP contribution is -2.45. The molecule has 0 aliphatic carbocycles. The van der Waals surface area contributed by atoms with Gasteiger partial charge in [0.15, 0.2) is 0 Å². The van der Waals surface area contributed by atoms with Crippen molar-refractivity contribution in [1.29, 1.82) is 0 Å². The number of anilines is 3. The Labute approximate surface area is 180 Å². The minimum atomic E-state index is 0.446. The number of halogens is 2. The van der Waals surface area contributed by atoms with Gasteiger partial charge in [-0.05, 0) is 31.3 Å². The van der Waals surface area contributed by atoms with E-state index in [0.29, 0.717) is 29.2 Å². The van der Waals surface area contributed by atoms with Gasteiger partial charge in [-0.15, -0.1) is 0 Å². The van der Waals surface area contributed by atoms with Crippen molar-refractivity contribution in [3.05, 3.63) is 46.7 Å². The van der Waals surface area contributed by atoms with Crippen LogP contribution in [0.3, 0.4) is 0 Å². The van der Waals surface area contributed by atoms with Crippen LogP contribution in [0.5, 0.6) is 0 Å². The fourth-order valence-electron chi connectivity index (χ4n) is 3.31. The molecular weight excluding hydrogens is 409 g/mol. The van der Waals surface area contributed by atoms with Crippen molar-refractivity contribution in [2.45, 2.75) is 0 Å². The number of rotatable bonds is 6. The standard InChI is InChI=1S/C20H23Cl2N7/c1-28-8-10-29(11-9-28)20-26-18(22)13-19(27-20)25-7-6-24-16-4-5-23-17-12-14(21)2-3-15(16)17/h2-5,12-13H,6-11H2,1H3,(H,23,24)(H,25,26,27). The van der Waals surface area contributed by atoms with E-state index < -0.39 is 0 Å². The first-order valence-electron chi connectivity index (χ1n) is 9.58. The van der Waals surface area contributed by atoms with Crippen LogP contribution in [0.1, 0.15) is 0 Å². The number of hydrogen-bond acceptors (Lipinski definition) is 7. The second-order valence-electron chi connectivity index (χ2n) is 7.04. The molecule has 1 aliphatic heterocycles. The van der Waals surface area contributed by atoms with Gasteiger partial charge >= 0.3 is 0 Å². The Morgan fingerprint density at radius 1 is 0.966 bits per heavy atom. The summed E-state index contributed by atoms with van der Waals surface area (Å²) in [5, 5.41) is 8.93. The van der Waals surface area contributed by atoms with Crippen molar-refractivity contribution >= 4 is 51.6 Å². The number of nitrogens with one attached hydrogen (secondary N) is 2. The maximum Gasteiger partial charge on any atom is 0.228 e. The zero-order valence-electron chi connectivity index (χ0n) is 16.2. The summed E-state index contributed by atoms with van der Waals surface area (Å²) in [5.74, 6) is 1.41. The normalized spacial score (nSPS) is 14.9. The van der Waals surface area contributed by atoms with E-state index in [4.69, 9.17) is 23.2 Å². The molecule has 1 fully saturated rings. The summed E-state index contributed by atoms with van der Waals surface area (Å²) in [6.07, 6.45) is 1.78. The molecule has 4 rings (SSSR count). The first kappa shape index (κ1) is 19.9. The van der Waals surface area contributed by atoms with E-state index in [9.17, 15) is 0 Å². The molecule has 0 bridgehead atoms. The Morgan fingerprint density at radius 3 is 2.59 bits per heavy atom. The minimum absolute atomic E-state index is 0.446. The molecule has 3 aromatic rings. The van der Waals surface area contributed by atoms with Gasteiger partial charge in [0.05, 0.1) is 5.52 Å². The van der Waals surface area contributed by atoms with Crippen LogP contribution in [0.2, 0.25) is 10.2 Å². The van der Waals surface area contributed by atoms with Gasteiger partial charge in [0.1, 0.15) is 11.0 Å². The first-order valence-corrected chi connectivity index (χ1v) is 10.3. The maximum atomic E-state index is 6.22. The molecule has 0 radical (unpaired) electrons. The first-order chi connectivity index (χ1) is 14.1. The number of piperazine rings is 1. The van der Waals surface area contributed by atoms with E-state index in [1.165, 1.54) is 0 Å². The molecule has 152 valence electrons. The lowest BCUT2D eigenvalue weighted by atomic mass is 10.2. The fraction of sp³-hybridized carbons (Fsp3) is 0.350. The molecule has 2 aromatic heterocycles. The van der Waals surface area contributed by atoms with Crippen LogP contribution in [-0.2, 0) is 0 Å². The number of fused-ring (bicyclic) bond motifs is 1. The fourth-order valence-corrected chi connectivity index (χ4v) is 3.65. The van der Waals surface area contributed by atoms with Gasteiger partial charge in [-0.3, -0.25) is 4.98 Å². The van der Waals surface area contributed by atoms with Gasteiger partial charge in [0.25, 0.3) is 0 Å². The second-order valence-corrected chi connectivity index (χ2v) is 7.86. The van der Waals surface area contributed by atoms with Crippen LogP contribution in [0.15, 0.2) is 36.5 Å². The molecule has 0 amide bonds. The zero-order valence-corrected chi connectivity index (χ0v) is 17.7. The van der Waals surface area contributed by atoms with Crippen LogP contribution in [0.4, 0.5) is 17.5 Å². The summed E-state index contributed by atoms with van der Waals surface area (Å²) in [5.41, 5.74) is 1.89. The number of nitrogens with zero attached hydrogens (tertiary/aromatic N) is 5. The molecule has 7 nitrogen and oxygen atoms in total. The Balaban J connectivity index is 1.36. The minimum Gasteiger partial charge on any atom is -0.383 e. The molecule has 2 N–H and O–H groups in total. The Kier molecular flexibility index (Phi) is 6.18. The van der Waals surface area contributed by atoms with E-state index in [0.717, 1.165) is 48.6 Å². The number of benzene rings is 1. The Hall–Kier alpha value is -2.35. The SMILES string of the molecule is CN1CCN(c2nc(Cl)cc(NCCNc3ccnc4cc(Cl)ccc34)n2)CC1. The summed E-state index contributed by atoms with van der Waals surface area (Å²) in [6, 6.07) is 9.43. The van der Waals surface area contributed by atoms with Crippen LogP contribution in [-0.4, -0.2) is 66.2 Å². The van der Waals surface area contributed by atoms with Crippen molar-refractivity contribution in [3.63, 3.8) is 0 Å². The van der Waals surface area contributed by atoms with Gasteiger partial charge in [-0.2, -0.15) is 4.98 Å². The Bertz CT molecular complexity index is 990. The van der Waals surface area contributed by atoms with Crippen LogP contribution in [0, 0.1) is 0 Å². The highest BCUT2D eigenvalue weighted by Gasteiger charge is 2.17. The molecule has 3 heterocycles. The predicted octanol–water partition coefficient (Wildman–Crippen LogP) is 3.61. The largest absolute Gasteiger partial charge is 0.383 e. The lowest BCUT2D eigenvalue weighted by Gasteiger charge is -2.32. The van der Waals surface area contributed by atoms with Crippen molar-refractivity contribution in [2.75, 3.05) is 61.8 Å². The molecule has 1 aromatic carbocycles. The van der Waals surface area contributed by atoms with E-state index in [2.05, 4.69) is 42.4 Å². The van der Waals surface area contributed by atoms with Crippen molar-refractivity contribution in [2.24, 2.45) is 0 Å². The second kappa shape index (κ2) is 8.98. The van der Waals surface area contributed by atoms with Gasteiger partial charge in [-0.25, -0.2) is 4.98 Å². The summed E-state index contributed by atoms with van der Waals surface area (Å²) in [7, 11) is 2.12. The Morgan fingerprint density at radius 2 is 1.76 bits per heavy atom. The van der Waals surface area contributed by atoms with Crippen LogP contribution in [0.25, 0.3) is 10.9 Å². The van der Waals surface area contributed by atoms with Crippen LogP contribution < -0.4 is 15.5 Å². The van der Waals surface area contributed by atoms with E-state index in [1.54, 1.807) is 12.3 Å². The average Bonchev–Trinajstić information content (AvgIpc) is 2.71. The maximum absolute atomic E-state index is 6.22. The van der Waals surface area contributed by atoms with Gasteiger partial charge < -0.3 is 20.4 Å². The molecular formula is C20H23Cl2N7. The molecule has 1 saturated heterocycles. The molecule has 0 saturated carbocycles. The topological polar surface area (TPSA) is 69.2 Å². The smallest absolute Gasteiger partial charge is 0.228 e. The number of hydrogen-bond donors (Lipinski definition) is 2. The van der Waals surface area contributed by atoms with Crippen molar-refractivity contribution < 1.29 is 0 Å². The molecule has 0 atom stereocenters. The van der Waals surface area contributed by atoms with Gasteiger partial charge in [0.2, 0.25) is 5.95 Å². The third-order valence-corrected chi connectivity index (χ3v) is 5.35. The number of aromatic nitrogens is 3. The summed E-state index contributed by atoms with van der Waals surface area (Å²) in [6.45, 7) is 5.19. The third kappa shape index (κ3) is 4.98. The highest BCUT2D eigenvalue weighted by atomic mass is 35.5. The molecule has 9 heteroatoms. The lowest BCUT2D eigenvalue weighted by molar-refractivity contribution is 0.311. The molecule has 1 aliphatic rings. The highest BCUT2D eigenvalue weighted by molar-refractivity contribution is 6.31. The van der Waals surface area contributed by atoms with E-state index >= 15 is 0 Å². The van der Waals surface area contributed by atoms with Crippen molar-refractivity contribution in [1.82, 2.24) is 19.9 Å².